The number of para-hydroxylation sites is 1. The van der Waals surface area contributed by atoms with Crippen molar-refractivity contribution >= 4 is 23.6 Å². The molecule has 2 atom stereocenters. The largest absolute Gasteiger partial charge is 0.481 e. The maximum atomic E-state index is 12.3. The van der Waals surface area contributed by atoms with Crippen molar-refractivity contribution in [1.29, 1.82) is 0 Å². The standard InChI is InChI=1S/C16H21N3O4/c1-11(17-16(23)18-13-7-3-2-4-8-13)14(20)19-9-5-6-12(10-19)15(21)22/h2-4,7-8,11-12H,5-6,9-10H2,1H3,(H,21,22)(H2,17,18,23). The molecule has 1 aromatic carbocycles. The molecule has 124 valence electrons. The normalized spacial score (nSPS) is 18.8. The molecule has 2 rings (SSSR count). The van der Waals surface area contributed by atoms with E-state index in [0.717, 1.165) is 0 Å². The van der Waals surface area contributed by atoms with Gasteiger partial charge in [0.15, 0.2) is 0 Å². The molecule has 1 aliphatic rings. The first kappa shape index (κ1) is 16.8. The number of urea groups is 1. The second kappa shape index (κ2) is 7.62. The Morgan fingerprint density at radius 2 is 1.96 bits per heavy atom. The van der Waals surface area contributed by atoms with Crippen molar-refractivity contribution in [2.75, 3.05) is 18.4 Å². The van der Waals surface area contributed by atoms with Gasteiger partial charge in [0.25, 0.3) is 0 Å². The van der Waals surface area contributed by atoms with Crippen LogP contribution in [0.25, 0.3) is 0 Å². The predicted molar refractivity (Wildman–Crippen MR) is 85.0 cm³/mol. The quantitative estimate of drug-likeness (QED) is 0.783. The number of amides is 3. The van der Waals surface area contributed by atoms with E-state index in [4.69, 9.17) is 5.11 Å². The topological polar surface area (TPSA) is 98.7 Å². The number of carbonyl (C=O) groups is 3. The lowest BCUT2D eigenvalue weighted by Crippen LogP contribution is -2.51. The lowest BCUT2D eigenvalue weighted by Gasteiger charge is -2.32. The van der Waals surface area contributed by atoms with E-state index in [1.165, 1.54) is 4.90 Å². The van der Waals surface area contributed by atoms with Crippen LogP contribution in [0.15, 0.2) is 30.3 Å². The highest BCUT2D eigenvalue weighted by molar-refractivity contribution is 5.93. The van der Waals surface area contributed by atoms with Crippen LogP contribution in [-0.4, -0.2) is 47.0 Å². The van der Waals surface area contributed by atoms with Crippen molar-refractivity contribution in [2.24, 2.45) is 5.92 Å². The van der Waals surface area contributed by atoms with Gasteiger partial charge in [0.05, 0.1) is 5.92 Å². The van der Waals surface area contributed by atoms with Crippen molar-refractivity contribution in [3.8, 4) is 0 Å². The maximum absolute atomic E-state index is 12.3. The van der Waals surface area contributed by atoms with E-state index in [9.17, 15) is 14.4 Å². The number of nitrogens with zero attached hydrogens (tertiary/aromatic N) is 1. The third-order valence-corrected chi connectivity index (χ3v) is 3.83. The molecule has 0 saturated carbocycles. The van der Waals surface area contributed by atoms with Gasteiger partial charge in [-0.05, 0) is 31.9 Å². The number of anilines is 1. The summed E-state index contributed by atoms with van der Waals surface area (Å²) in [4.78, 5) is 36.8. The van der Waals surface area contributed by atoms with Gasteiger partial charge < -0.3 is 20.6 Å². The molecule has 1 saturated heterocycles. The summed E-state index contributed by atoms with van der Waals surface area (Å²) < 4.78 is 0. The van der Waals surface area contributed by atoms with Gasteiger partial charge in [-0.15, -0.1) is 0 Å². The minimum absolute atomic E-state index is 0.195. The van der Waals surface area contributed by atoms with E-state index < -0.39 is 24.0 Å². The molecule has 3 N–H and O–H groups in total. The summed E-state index contributed by atoms with van der Waals surface area (Å²) in [7, 11) is 0. The van der Waals surface area contributed by atoms with E-state index in [-0.39, 0.29) is 12.5 Å². The Kier molecular flexibility index (Phi) is 5.56. The average molecular weight is 319 g/mol. The van der Waals surface area contributed by atoms with Crippen LogP contribution in [0.2, 0.25) is 0 Å². The maximum Gasteiger partial charge on any atom is 0.319 e. The Morgan fingerprint density at radius 3 is 2.61 bits per heavy atom. The molecular formula is C16H21N3O4. The van der Waals surface area contributed by atoms with Crippen LogP contribution in [0.4, 0.5) is 10.5 Å². The van der Waals surface area contributed by atoms with Gasteiger partial charge in [0.1, 0.15) is 6.04 Å². The first-order valence-corrected chi connectivity index (χ1v) is 7.61. The molecular weight excluding hydrogens is 298 g/mol. The number of aliphatic carboxylic acids is 1. The van der Waals surface area contributed by atoms with Crippen molar-refractivity contribution in [2.45, 2.75) is 25.8 Å². The monoisotopic (exact) mass is 319 g/mol. The van der Waals surface area contributed by atoms with Crippen molar-refractivity contribution in [3.05, 3.63) is 30.3 Å². The smallest absolute Gasteiger partial charge is 0.319 e. The summed E-state index contributed by atoms with van der Waals surface area (Å²) in [5.74, 6) is -1.68. The fourth-order valence-electron chi connectivity index (χ4n) is 2.60. The van der Waals surface area contributed by atoms with Crippen LogP contribution >= 0.6 is 0 Å². The fourth-order valence-corrected chi connectivity index (χ4v) is 2.60. The Morgan fingerprint density at radius 1 is 1.26 bits per heavy atom. The molecule has 23 heavy (non-hydrogen) atoms. The number of benzene rings is 1. The summed E-state index contributed by atoms with van der Waals surface area (Å²) in [6.45, 7) is 2.31. The molecule has 1 aliphatic heterocycles. The zero-order valence-corrected chi connectivity index (χ0v) is 13.0. The van der Waals surface area contributed by atoms with Gasteiger partial charge in [-0.25, -0.2) is 4.79 Å². The molecule has 0 radical (unpaired) electrons. The summed E-state index contributed by atoms with van der Waals surface area (Å²) in [5, 5.41) is 14.3. The minimum atomic E-state index is -0.884. The minimum Gasteiger partial charge on any atom is -0.481 e. The molecule has 2 unspecified atom stereocenters. The van der Waals surface area contributed by atoms with Gasteiger partial charge in [-0.1, -0.05) is 18.2 Å². The third kappa shape index (κ3) is 4.70. The zero-order valence-electron chi connectivity index (χ0n) is 13.0. The fraction of sp³-hybridized carbons (Fsp3) is 0.438. The van der Waals surface area contributed by atoms with Crippen LogP contribution in [0.5, 0.6) is 0 Å². The number of carboxylic acids is 1. The van der Waals surface area contributed by atoms with Crippen molar-refractivity contribution in [3.63, 3.8) is 0 Å². The van der Waals surface area contributed by atoms with Crippen LogP contribution < -0.4 is 10.6 Å². The average Bonchev–Trinajstić information content (AvgIpc) is 2.55. The zero-order chi connectivity index (χ0) is 16.8. The number of hydrogen-bond acceptors (Lipinski definition) is 3. The number of carboxylic acid groups (broad SMARTS) is 1. The Labute approximate surface area is 134 Å². The highest BCUT2D eigenvalue weighted by Gasteiger charge is 2.30. The highest BCUT2D eigenvalue weighted by Crippen LogP contribution is 2.17. The number of likely N-dealkylation sites (tertiary alicyclic amines) is 1. The highest BCUT2D eigenvalue weighted by atomic mass is 16.4. The molecule has 0 spiro atoms. The molecule has 1 heterocycles. The number of piperidine rings is 1. The van der Waals surface area contributed by atoms with E-state index in [1.54, 1.807) is 31.2 Å². The Balaban J connectivity index is 1.87. The summed E-state index contributed by atoms with van der Waals surface area (Å²) in [6.07, 6.45) is 1.24. The number of rotatable bonds is 4. The molecule has 3 amide bonds. The van der Waals surface area contributed by atoms with Crippen LogP contribution in [0.1, 0.15) is 19.8 Å². The number of nitrogens with one attached hydrogen (secondary N) is 2. The van der Waals surface area contributed by atoms with E-state index >= 15 is 0 Å². The summed E-state index contributed by atoms with van der Waals surface area (Å²) >= 11 is 0. The van der Waals surface area contributed by atoms with Gasteiger partial charge >= 0.3 is 12.0 Å². The predicted octanol–water partition coefficient (Wildman–Crippen LogP) is 1.52. The van der Waals surface area contributed by atoms with Gasteiger partial charge in [0, 0.05) is 18.8 Å². The van der Waals surface area contributed by atoms with Crippen LogP contribution in [-0.2, 0) is 9.59 Å². The van der Waals surface area contributed by atoms with Gasteiger partial charge in [-0.3, -0.25) is 9.59 Å². The van der Waals surface area contributed by atoms with Crippen LogP contribution in [0.3, 0.4) is 0 Å². The molecule has 0 bridgehead atoms. The lowest BCUT2D eigenvalue weighted by molar-refractivity contribution is -0.146. The summed E-state index contributed by atoms with van der Waals surface area (Å²) in [5.41, 5.74) is 0.633. The van der Waals surface area contributed by atoms with E-state index in [2.05, 4.69) is 10.6 Å². The van der Waals surface area contributed by atoms with Gasteiger partial charge in [0.2, 0.25) is 5.91 Å². The molecule has 0 aliphatic carbocycles. The molecule has 1 fully saturated rings. The Hall–Kier alpha value is -2.57. The first-order valence-electron chi connectivity index (χ1n) is 7.61. The second-order valence-corrected chi connectivity index (χ2v) is 5.65. The lowest BCUT2D eigenvalue weighted by atomic mass is 9.98. The SMILES string of the molecule is CC(NC(=O)Nc1ccccc1)C(=O)N1CCCC(C(=O)O)C1. The number of carbonyl (C=O) groups excluding carboxylic acids is 2. The van der Waals surface area contributed by atoms with Crippen molar-refractivity contribution < 1.29 is 19.5 Å². The molecule has 7 nitrogen and oxygen atoms in total. The molecule has 0 aromatic heterocycles. The molecule has 1 aromatic rings. The second-order valence-electron chi connectivity index (χ2n) is 5.65. The van der Waals surface area contributed by atoms with E-state index in [1.807, 2.05) is 6.07 Å². The van der Waals surface area contributed by atoms with E-state index in [0.29, 0.717) is 25.1 Å². The number of hydrogen-bond donors (Lipinski definition) is 3. The summed E-state index contributed by atoms with van der Waals surface area (Å²) in [6, 6.07) is 7.73. The third-order valence-electron chi connectivity index (χ3n) is 3.83. The van der Waals surface area contributed by atoms with Crippen LogP contribution in [0, 0.1) is 5.92 Å². The molecule has 7 heteroatoms. The Bertz CT molecular complexity index is 576. The van der Waals surface area contributed by atoms with Gasteiger partial charge in [-0.2, -0.15) is 0 Å². The van der Waals surface area contributed by atoms with Crippen molar-refractivity contribution in [1.82, 2.24) is 10.2 Å². The first-order chi connectivity index (χ1) is 11.0.